The van der Waals surface area contributed by atoms with Gasteiger partial charge in [0.25, 0.3) is 0 Å². The Bertz CT molecular complexity index is 537. The first-order valence-corrected chi connectivity index (χ1v) is 8.43. The summed E-state index contributed by atoms with van der Waals surface area (Å²) in [5.74, 6) is 1.76. The fourth-order valence-electron chi connectivity index (χ4n) is 3.28. The smallest absolute Gasteiger partial charge is 0.191 e. The van der Waals surface area contributed by atoms with E-state index in [9.17, 15) is 5.11 Å². The summed E-state index contributed by atoms with van der Waals surface area (Å²) in [5, 5.41) is 16.7. The van der Waals surface area contributed by atoms with Crippen LogP contribution in [0.5, 0.6) is 11.5 Å². The molecule has 0 heterocycles. The molecule has 128 valence electrons. The van der Waals surface area contributed by atoms with Gasteiger partial charge in [-0.05, 0) is 42.9 Å². The molecule has 0 amide bonds. The van der Waals surface area contributed by atoms with Crippen molar-refractivity contribution in [2.75, 3.05) is 20.7 Å². The number of ether oxygens (including phenoxy) is 1. The minimum absolute atomic E-state index is 0.259. The zero-order valence-corrected chi connectivity index (χ0v) is 14.5. The minimum atomic E-state index is 0.259. The lowest BCUT2D eigenvalue weighted by atomic mass is 9.83. The van der Waals surface area contributed by atoms with Crippen LogP contribution in [0.1, 0.15) is 44.6 Å². The normalized spacial score (nSPS) is 17.1. The molecule has 3 N–H and O–H groups in total. The highest BCUT2D eigenvalue weighted by Gasteiger charge is 2.31. The summed E-state index contributed by atoms with van der Waals surface area (Å²) in [6.45, 7) is 3.73. The zero-order valence-electron chi connectivity index (χ0n) is 14.5. The van der Waals surface area contributed by atoms with Crippen molar-refractivity contribution in [3.05, 3.63) is 23.8 Å². The van der Waals surface area contributed by atoms with Crippen molar-refractivity contribution in [3.8, 4) is 11.5 Å². The van der Waals surface area contributed by atoms with Gasteiger partial charge in [0.15, 0.2) is 5.96 Å². The van der Waals surface area contributed by atoms with E-state index in [1.165, 1.54) is 32.1 Å². The molecule has 0 spiro atoms. The van der Waals surface area contributed by atoms with Gasteiger partial charge >= 0.3 is 0 Å². The lowest BCUT2D eigenvalue weighted by molar-refractivity contribution is 0.283. The number of aromatic hydroxyl groups is 1. The Morgan fingerprint density at radius 2 is 2.04 bits per heavy atom. The monoisotopic (exact) mass is 319 g/mol. The first-order chi connectivity index (χ1) is 11.1. The van der Waals surface area contributed by atoms with Crippen molar-refractivity contribution >= 4 is 5.96 Å². The van der Waals surface area contributed by atoms with Crippen LogP contribution >= 0.6 is 0 Å². The highest BCUT2D eigenvalue weighted by Crippen LogP contribution is 2.40. The van der Waals surface area contributed by atoms with E-state index in [2.05, 4.69) is 22.5 Å². The topological polar surface area (TPSA) is 65.9 Å². The van der Waals surface area contributed by atoms with Gasteiger partial charge in [0.05, 0.1) is 7.11 Å². The fourth-order valence-corrected chi connectivity index (χ4v) is 3.28. The van der Waals surface area contributed by atoms with Crippen LogP contribution in [0.25, 0.3) is 0 Å². The maximum Gasteiger partial charge on any atom is 0.191 e. The maximum atomic E-state index is 9.94. The van der Waals surface area contributed by atoms with E-state index in [1.807, 2.05) is 6.07 Å². The predicted molar refractivity (Wildman–Crippen MR) is 94.1 cm³/mol. The molecule has 5 heteroatoms. The van der Waals surface area contributed by atoms with Gasteiger partial charge in [0.1, 0.15) is 11.5 Å². The van der Waals surface area contributed by atoms with E-state index in [0.717, 1.165) is 23.8 Å². The van der Waals surface area contributed by atoms with Crippen molar-refractivity contribution < 1.29 is 9.84 Å². The molecule has 1 aromatic rings. The summed E-state index contributed by atoms with van der Waals surface area (Å²) in [6, 6.07) is 5.23. The van der Waals surface area contributed by atoms with Gasteiger partial charge in [-0.3, -0.25) is 4.99 Å². The van der Waals surface area contributed by atoms with E-state index < -0.39 is 0 Å². The number of guanidine groups is 1. The van der Waals surface area contributed by atoms with Crippen LogP contribution in [0.3, 0.4) is 0 Å². The van der Waals surface area contributed by atoms with Gasteiger partial charge in [-0.1, -0.05) is 19.8 Å². The Balaban J connectivity index is 1.90. The van der Waals surface area contributed by atoms with Crippen LogP contribution in [0.15, 0.2) is 23.2 Å². The zero-order chi connectivity index (χ0) is 16.7. The molecule has 1 aromatic carbocycles. The average molecular weight is 319 g/mol. The summed E-state index contributed by atoms with van der Waals surface area (Å²) in [5.41, 5.74) is 1.20. The Kier molecular flexibility index (Phi) is 6.13. The summed E-state index contributed by atoms with van der Waals surface area (Å²) in [4.78, 5) is 4.28. The third kappa shape index (κ3) is 4.53. The Morgan fingerprint density at radius 1 is 1.30 bits per heavy atom. The predicted octanol–water partition coefficient (Wildman–Crippen LogP) is 3.04. The molecule has 0 aromatic heterocycles. The summed E-state index contributed by atoms with van der Waals surface area (Å²) in [6.07, 6.45) is 6.46. The SMILES string of the molecule is CCC1(CNC(=NC)NCc2cc(OC)ccc2O)CCCC1. The molecule has 1 saturated carbocycles. The largest absolute Gasteiger partial charge is 0.508 e. The molecular weight excluding hydrogens is 290 g/mol. The molecule has 1 fully saturated rings. The van der Waals surface area contributed by atoms with E-state index in [4.69, 9.17) is 4.74 Å². The second-order valence-corrected chi connectivity index (χ2v) is 6.33. The van der Waals surface area contributed by atoms with Crippen molar-refractivity contribution in [1.82, 2.24) is 10.6 Å². The standard InChI is InChI=1S/C18H29N3O2/c1-4-18(9-5-6-10-18)13-21-17(19-2)20-12-14-11-15(23-3)7-8-16(14)22/h7-8,11,22H,4-6,9-10,12-13H2,1-3H3,(H2,19,20,21). The number of nitrogens with one attached hydrogen (secondary N) is 2. The van der Waals surface area contributed by atoms with Gasteiger partial charge < -0.3 is 20.5 Å². The Hall–Kier alpha value is -1.91. The molecular formula is C18H29N3O2. The quantitative estimate of drug-likeness (QED) is 0.557. The number of rotatable bonds is 6. The molecule has 0 atom stereocenters. The van der Waals surface area contributed by atoms with Crippen LogP contribution in [0, 0.1) is 5.41 Å². The van der Waals surface area contributed by atoms with Gasteiger partial charge in [-0.2, -0.15) is 0 Å². The number of nitrogens with zero attached hydrogens (tertiary/aromatic N) is 1. The number of phenols is 1. The minimum Gasteiger partial charge on any atom is -0.508 e. The summed E-state index contributed by atoms with van der Waals surface area (Å²) >= 11 is 0. The molecule has 0 aliphatic heterocycles. The van der Waals surface area contributed by atoms with E-state index >= 15 is 0 Å². The first-order valence-electron chi connectivity index (χ1n) is 8.43. The van der Waals surface area contributed by atoms with Crippen LogP contribution in [0.4, 0.5) is 0 Å². The molecule has 23 heavy (non-hydrogen) atoms. The maximum absolute atomic E-state index is 9.94. The number of hydrogen-bond acceptors (Lipinski definition) is 3. The second-order valence-electron chi connectivity index (χ2n) is 6.33. The van der Waals surface area contributed by atoms with Gasteiger partial charge in [0, 0.05) is 25.7 Å². The van der Waals surface area contributed by atoms with Crippen LogP contribution in [-0.2, 0) is 6.54 Å². The molecule has 2 rings (SSSR count). The van der Waals surface area contributed by atoms with Crippen molar-refractivity contribution in [2.24, 2.45) is 10.4 Å². The molecule has 1 aliphatic rings. The Labute approximate surface area is 139 Å². The van der Waals surface area contributed by atoms with Gasteiger partial charge in [-0.25, -0.2) is 0 Å². The molecule has 1 aliphatic carbocycles. The average Bonchev–Trinajstić information content (AvgIpc) is 3.06. The first kappa shape index (κ1) is 17.4. The number of benzene rings is 1. The van der Waals surface area contributed by atoms with E-state index in [-0.39, 0.29) is 5.75 Å². The van der Waals surface area contributed by atoms with Crippen LogP contribution < -0.4 is 15.4 Å². The van der Waals surface area contributed by atoms with Crippen molar-refractivity contribution in [1.29, 1.82) is 0 Å². The number of aliphatic imine (C=N–C) groups is 1. The van der Waals surface area contributed by atoms with Gasteiger partial charge in [0.2, 0.25) is 0 Å². The molecule has 0 bridgehead atoms. The number of methoxy groups -OCH3 is 1. The molecule has 0 unspecified atom stereocenters. The lowest BCUT2D eigenvalue weighted by Gasteiger charge is -2.28. The molecule has 0 saturated heterocycles. The lowest BCUT2D eigenvalue weighted by Crippen LogP contribution is -2.42. The fraction of sp³-hybridized carbons (Fsp3) is 0.611. The molecule has 5 nitrogen and oxygen atoms in total. The highest BCUT2D eigenvalue weighted by molar-refractivity contribution is 5.79. The third-order valence-corrected chi connectivity index (χ3v) is 5.00. The van der Waals surface area contributed by atoms with E-state index in [0.29, 0.717) is 12.0 Å². The Morgan fingerprint density at radius 3 is 2.65 bits per heavy atom. The third-order valence-electron chi connectivity index (χ3n) is 5.00. The van der Waals surface area contributed by atoms with Crippen molar-refractivity contribution in [2.45, 2.75) is 45.6 Å². The summed E-state index contributed by atoms with van der Waals surface area (Å²) in [7, 11) is 3.39. The van der Waals surface area contributed by atoms with Crippen LogP contribution in [0.2, 0.25) is 0 Å². The highest BCUT2D eigenvalue weighted by atomic mass is 16.5. The van der Waals surface area contributed by atoms with Gasteiger partial charge in [-0.15, -0.1) is 0 Å². The van der Waals surface area contributed by atoms with Crippen LogP contribution in [-0.4, -0.2) is 31.8 Å². The number of hydrogen-bond donors (Lipinski definition) is 3. The second kappa shape index (κ2) is 8.09. The summed E-state index contributed by atoms with van der Waals surface area (Å²) < 4.78 is 5.20. The number of phenolic OH excluding ortho intramolecular Hbond substituents is 1. The van der Waals surface area contributed by atoms with E-state index in [1.54, 1.807) is 26.3 Å². The van der Waals surface area contributed by atoms with Crippen molar-refractivity contribution in [3.63, 3.8) is 0 Å². The molecule has 0 radical (unpaired) electrons.